The van der Waals surface area contributed by atoms with E-state index in [0.717, 1.165) is 0 Å². The third kappa shape index (κ3) is 13.2. The summed E-state index contributed by atoms with van der Waals surface area (Å²) in [6, 6.07) is 0. The van der Waals surface area contributed by atoms with Crippen LogP contribution in [0.5, 0.6) is 0 Å². The summed E-state index contributed by atoms with van der Waals surface area (Å²) in [7, 11) is 0. The van der Waals surface area contributed by atoms with Crippen molar-refractivity contribution in [1.82, 2.24) is 0 Å². The highest BCUT2D eigenvalue weighted by Gasteiger charge is 2.58. The number of ether oxygens (including phenoxy) is 13. The number of aliphatic hydroxyl groups is 23. The molecule has 0 bridgehead atoms. The smallest absolute Gasteiger partial charge is 0.187 e. The molecule has 7 fully saturated rings. The van der Waals surface area contributed by atoms with Crippen LogP contribution >= 0.6 is 0 Å². The summed E-state index contributed by atoms with van der Waals surface area (Å²) in [4.78, 5) is 0. The monoisotopic (exact) mass is 1150 g/mol. The fourth-order valence-corrected chi connectivity index (χ4v) is 9.77. The first kappa shape index (κ1) is 64.1. The zero-order chi connectivity index (χ0) is 57.3. The standard InChI is InChI=1S/C42H72O36/c43-1-8-15(48)22(55)25(58)37(69-8)66-6-13-20(53)32(28(61)36(65)68-13)75-40-29(62)33(18(51)11(4-46)72-40)77-41-30(63)34(19(52)12(5-47)73-41)78-42-31(64)35(76-39-27(60)24(57)17(50)10(3-45)71-39)21(54)14(74-42)7-67-38-26(59)23(56)16(49)9(2-44)70-38/h8-65H,1-7H2. The predicted octanol–water partition coefficient (Wildman–Crippen LogP) is -16.3. The molecule has 36 nitrogen and oxygen atoms in total. The van der Waals surface area contributed by atoms with Gasteiger partial charge in [-0.3, -0.25) is 0 Å². The lowest BCUT2D eigenvalue weighted by molar-refractivity contribution is -0.397. The summed E-state index contributed by atoms with van der Waals surface area (Å²) in [5.74, 6) is 0. The molecule has 0 spiro atoms. The Hall–Kier alpha value is -1.44. The van der Waals surface area contributed by atoms with Crippen LogP contribution in [0.1, 0.15) is 0 Å². The minimum Gasteiger partial charge on any atom is -0.394 e. The molecule has 0 aliphatic carbocycles. The molecule has 36 heteroatoms. The van der Waals surface area contributed by atoms with Gasteiger partial charge in [-0.15, -0.1) is 0 Å². The summed E-state index contributed by atoms with van der Waals surface area (Å²) in [6.45, 7) is -6.56. The molecule has 23 N–H and O–H groups in total. The summed E-state index contributed by atoms with van der Waals surface area (Å²) >= 11 is 0. The van der Waals surface area contributed by atoms with Gasteiger partial charge in [0.05, 0.1) is 46.2 Å². The molecule has 0 radical (unpaired) electrons. The van der Waals surface area contributed by atoms with E-state index in [9.17, 15) is 117 Å². The maximum atomic E-state index is 11.8. The molecule has 7 aliphatic rings. The van der Waals surface area contributed by atoms with Gasteiger partial charge in [0.15, 0.2) is 44.0 Å². The minimum atomic E-state index is -2.35. The highest BCUT2D eigenvalue weighted by atomic mass is 16.8. The lowest BCUT2D eigenvalue weighted by Crippen LogP contribution is -2.68. The van der Waals surface area contributed by atoms with Gasteiger partial charge in [0, 0.05) is 0 Å². The Labute approximate surface area is 439 Å². The predicted molar refractivity (Wildman–Crippen MR) is 232 cm³/mol. The first-order valence-electron chi connectivity index (χ1n) is 24.7. The molecule has 78 heavy (non-hydrogen) atoms. The lowest BCUT2D eigenvalue weighted by atomic mass is 9.95. The van der Waals surface area contributed by atoms with Crippen LogP contribution in [0.15, 0.2) is 0 Å². The molecule has 35 unspecified atom stereocenters. The average Bonchev–Trinajstić information content (AvgIpc) is 3.46. The number of hydrogen-bond donors (Lipinski definition) is 23. The Bertz CT molecular complexity index is 1810. The van der Waals surface area contributed by atoms with E-state index in [1.165, 1.54) is 0 Å². The fourth-order valence-electron chi connectivity index (χ4n) is 9.77. The van der Waals surface area contributed by atoms with Gasteiger partial charge in [-0.05, 0) is 0 Å². The molecule has 0 saturated carbocycles. The van der Waals surface area contributed by atoms with Gasteiger partial charge in [0.25, 0.3) is 0 Å². The Morgan fingerprint density at radius 2 is 0.449 bits per heavy atom. The molecular formula is C42H72O36. The van der Waals surface area contributed by atoms with Crippen LogP contribution in [0.3, 0.4) is 0 Å². The Morgan fingerprint density at radius 3 is 0.769 bits per heavy atom. The zero-order valence-corrected chi connectivity index (χ0v) is 40.8. The van der Waals surface area contributed by atoms with Gasteiger partial charge in [-0.25, -0.2) is 0 Å². The van der Waals surface area contributed by atoms with E-state index in [1.807, 2.05) is 0 Å². The van der Waals surface area contributed by atoms with Crippen molar-refractivity contribution in [1.29, 1.82) is 0 Å². The molecular weight excluding hydrogens is 1080 g/mol. The molecule has 0 aromatic rings. The Morgan fingerprint density at radius 1 is 0.218 bits per heavy atom. The quantitative estimate of drug-likeness (QED) is 0.0571. The van der Waals surface area contributed by atoms with E-state index in [1.54, 1.807) is 0 Å². The van der Waals surface area contributed by atoms with E-state index in [4.69, 9.17) is 61.6 Å². The highest BCUT2D eigenvalue weighted by molar-refractivity contribution is 5.00. The van der Waals surface area contributed by atoms with Crippen LogP contribution in [0.25, 0.3) is 0 Å². The third-order valence-electron chi connectivity index (χ3n) is 14.5. The number of aliphatic hydroxyl groups excluding tert-OH is 23. The molecule has 7 rings (SSSR count). The van der Waals surface area contributed by atoms with Crippen LogP contribution < -0.4 is 0 Å². The van der Waals surface area contributed by atoms with E-state index in [0.29, 0.717) is 0 Å². The second kappa shape index (κ2) is 27.5. The van der Waals surface area contributed by atoms with Gasteiger partial charge in [-0.1, -0.05) is 0 Å². The molecule has 0 aromatic carbocycles. The largest absolute Gasteiger partial charge is 0.394 e. The molecule has 456 valence electrons. The van der Waals surface area contributed by atoms with Gasteiger partial charge in [0.1, 0.15) is 171 Å². The van der Waals surface area contributed by atoms with Crippen molar-refractivity contribution in [3.63, 3.8) is 0 Å². The summed E-state index contributed by atoms with van der Waals surface area (Å²) in [5.41, 5.74) is 0. The molecule has 35 atom stereocenters. The minimum absolute atomic E-state index is 0.810. The zero-order valence-electron chi connectivity index (χ0n) is 40.8. The topological polar surface area (TPSA) is 585 Å². The highest BCUT2D eigenvalue weighted by Crippen LogP contribution is 2.37. The van der Waals surface area contributed by atoms with Crippen LogP contribution in [-0.4, -0.2) is 379 Å². The van der Waals surface area contributed by atoms with Gasteiger partial charge < -0.3 is 179 Å². The van der Waals surface area contributed by atoms with Crippen LogP contribution in [0.2, 0.25) is 0 Å². The van der Waals surface area contributed by atoms with Crippen LogP contribution in [0, 0.1) is 0 Å². The number of rotatable bonds is 19. The van der Waals surface area contributed by atoms with Crippen molar-refractivity contribution in [2.45, 2.75) is 215 Å². The first-order valence-corrected chi connectivity index (χ1v) is 24.7. The van der Waals surface area contributed by atoms with Crippen molar-refractivity contribution >= 4 is 0 Å². The maximum absolute atomic E-state index is 11.8. The van der Waals surface area contributed by atoms with E-state index >= 15 is 0 Å². The molecule has 0 aromatic heterocycles. The van der Waals surface area contributed by atoms with Crippen molar-refractivity contribution < 1.29 is 179 Å². The molecule has 0 amide bonds. The Kier molecular flexibility index (Phi) is 22.6. The van der Waals surface area contributed by atoms with Gasteiger partial charge in [-0.2, -0.15) is 0 Å². The van der Waals surface area contributed by atoms with Crippen molar-refractivity contribution in [2.75, 3.05) is 46.2 Å². The second-order valence-corrected chi connectivity index (χ2v) is 19.6. The van der Waals surface area contributed by atoms with Crippen molar-refractivity contribution in [2.24, 2.45) is 0 Å². The SMILES string of the molecule is OCC1OC(OCC2OC(O)C(O)C(OC3OC(CO)C(O)C(OC4OC(CO)C(O)C(OC5OC(COC6OC(CO)C(O)C(O)C6O)C(O)C(OC6OC(CO)C(O)C(O)C6O)C5O)C4O)C3O)C2O)C(O)C(O)C1O. The van der Waals surface area contributed by atoms with E-state index in [2.05, 4.69) is 0 Å². The lowest BCUT2D eigenvalue weighted by Gasteiger charge is -2.50. The van der Waals surface area contributed by atoms with Gasteiger partial charge in [0.2, 0.25) is 0 Å². The second-order valence-electron chi connectivity index (χ2n) is 19.6. The molecule has 7 saturated heterocycles. The number of hydrogen-bond acceptors (Lipinski definition) is 36. The normalized spacial score (nSPS) is 53.5. The fraction of sp³-hybridized carbons (Fsp3) is 1.00. The third-order valence-corrected chi connectivity index (χ3v) is 14.5. The summed E-state index contributed by atoms with van der Waals surface area (Å²) in [5, 5.41) is 245. The summed E-state index contributed by atoms with van der Waals surface area (Å²) < 4.78 is 72.0. The van der Waals surface area contributed by atoms with Crippen molar-refractivity contribution in [3.05, 3.63) is 0 Å². The van der Waals surface area contributed by atoms with Crippen LogP contribution in [0.4, 0.5) is 0 Å². The first-order chi connectivity index (χ1) is 36.9. The van der Waals surface area contributed by atoms with Crippen molar-refractivity contribution in [3.8, 4) is 0 Å². The maximum Gasteiger partial charge on any atom is 0.187 e. The average molecular weight is 1150 g/mol. The van der Waals surface area contributed by atoms with E-state index in [-0.39, 0.29) is 0 Å². The Balaban J connectivity index is 1.08. The molecule has 7 aliphatic heterocycles. The van der Waals surface area contributed by atoms with E-state index < -0.39 is 261 Å². The summed E-state index contributed by atoms with van der Waals surface area (Å²) in [6.07, 6.45) is -69.4. The van der Waals surface area contributed by atoms with Gasteiger partial charge >= 0.3 is 0 Å². The molecule has 7 heterocycles. The van der Waals surface area contributed by atoms with Crippen LogP contribution in [-0.2, 0) is 61.6 Å².